The van der Waals surface area contributed by atoms with Gasteiger partial charge in [-0.05, 0) is 25.9 Å². The summed E-state index contributed by atoms with van der Waals surface area (Å²) in [6.45, 7) is 2.89. The Bertz CT molecular complexity index is 706. The lowest BCUT2D eigenvalue weighted by Crippen LogP contribution is -2.31. The summed E-state index contributed by atoms with van der Waals surface area (Å²) in [5.41, 5.74) is 0.582. The summed E-state index contributed by atoms with van der Waals surface area (Å²) in [5, 5.41) is 20.8. The Labute approximate surface area is 131 Å². The van der Waals surface area contributed by atoms with E-state index in [0.717, 1.165) is 0 Å². The van der Waals surface area contributed by atoms with Gasteiger partial charge in [-0.15, -0.1) is 0 Å². The van der Waals surface area contributed by atoms with Crippen LogP contribution in [0.15, 0.2) is 10.6 Å². The van der Waals surface area contributed by atoms with Crippen molar-refractivity contribution in [1.82, 2.24) is 30.1 Å². The van der Waals surface area contributed by atoms with Crippen LogP contribution >= 0.6 is 0 Å². The normalized spacial score (nSPS) is 11.0. The lowest BCUT2D eigenvalue weighted by atomic mass is 10.4. The molecule has 2 aromatic heterocycles. The molecule has 0 spiro atoms. The Hall–Kier alpha value is -2.82. The molecule has 0 aliphatic carbocycles. The average molecular weight is 323 g/mol. The third-order valence-electron chi connectivity index (χ3n) is 2.95. The molecule has 124 valence electrons. The van der Waals surface area contributed by atoms with Gasteiger partial charge in [-0.3, -0.25) is 4.79 Å². The van der Waals surface area contributed by atoms with E-state index in [2.05, 4.69) is 20.6 Å². The van der Waals surface area contributed by atoms with E-state index in [9.17, 15) is 14.9 Å². The molecule has 23 heavy (non-hydrogen) atoms. The molecule has 0 saturated heterocycles. The first-order valence-corrected chi connectivity index (χ1v) is 6.81. The monoisotopic (exact) mass is 323 g/mol. The van der Waals surface area contributed by atoms with Crippen LogP contribution in [0.5, 0.6) is 0 Å². The predicted octanol–water partition coefficient (Wildman–Crippen LogP) is -0.178. The Kier molecular flexibility index (Phi) is 5.01. The smallest absolute Gasteiger partial charge is 0.358 e. The van der Waals surface area contributed by atoms with E-state index < -0.39 is 10.8 Å². The van der Waals surface area contributed by atoms with E-state index in [1.54, 1.807) is 6.92 Å². The van der Waals surface area contributed by atoms with E-state index in [-0.39, 0.29) is 24.1 Å². The Morgan fingerprint density at radius 2 is 2.26 bits per heavy atom. The summed E-state index contributed by atoms with van der Waals surface area (Å²) >= 11 is 0. The molecule has 0 saturated carbocycles. The standard InChI is InChI=1S/C12H17N7O4/c1-8-6-10(19(21)22)15-18(8)7-9-14-12(23-16-9)11(20)13-4-5-17(2)3/h6H,4-5,7H2,1-3H3,(H,13,20). The van der Waals surface area contributed by atoms with Crippen molar-refractivity contribution in [3.63, 3.8) is 0 Å². The highest BCUT2D eigenvalue weighted by Gasteiger charge is 2.19. The van der Waals surface area contributed by atoms with E-state index in [1.165, 1.54) is 10.7 Å². The van der Waals surface area contributed by atoms with Crippen LogP contribution in [0.1, 0.15) is 22.2 Å². The maximum atomic E-state index is 11.8. The third kappa shape index (κ3) is 4.32. The van der Waals surface area contributed by atoms with Crippen LogP contribution in [0, 0.1) is 17.0 Å². The average Bonchev–Trinajstić information content (AvgIpc) is 3.07. The summed E-state index contributed by atoms with van der Waals surface area (Å²) in [5.74, 6) is -0.664. The molecule has 0 atom stereocenters. The van der Waals surface area contributed by atoms with Crippen LogP contribution in [-0.2, 0) is 6.54 Å². The van der Waals surface area contributed by atoms with Crippen molar-refractivity contribution in [3.8, 4) is 0 Å². The number of rotatable bonds is 7. The summed E-state index contributed by atoms with van der Waals surface area (Å²) in [7, 11) is 3.78. The molecule has 2 heterocycles. The molecule has 1 amide bonds. The van der Waals surface area contributed by atoms with Gasteiger partial charge in [0.15, 0.2) is 5.82 Å². The molecular formula is C12H17N7O4. The van der Waals surface area contributed by atoms with Crippen molar-refractivity contribution in [2.24, 2.45) is 0 Å². The molecule has 0 aliphatic rings. The van der Waals surface area contributed by atoms with Crippen LogP contribution in [-0.4, -0.2) is 62.8 Å². The fraction of sp³-hybridized carbons (Fsp3) is 0.500. The van der Waals surface area contributed by atoms with E-state index in [0.29, 0.717) is 18.8 Å². The van der Waals surface area contributed by atoms with Crippen molar-refractivity contribution in [2.45, 2.75) is 13.5 Å². The van der Waals surface area contributed by atoms with Gasteiger partial charge in [0, 0.05) is 13.1 Å². The van der Waals surface area contributed by atoms with Crippen LogP contribution in [0.3, 0.4) is 0 Å². The van der Waals surface area contributed by atoms with Crippen LogP contribution in [0.25, 0.3) is 0 Å². The zero-order valence-corrected chi connectivity index (χ0v) is 13.0. The number of carbonyl (C=O) groups excluding carboxylic acids is 1. The molecule has 0 unspecified atom stereocenters. The number of nitrogens with zero attached hydrogens (tertiary/aromatic N) is 6. The second-order valence-corrected chi connectivity index (χ2v) is 5.13. The quantitative estimate of drug-likeness (QED) is 0.548. The maximum absolute atomic E-state index is 11.8. The molecule has 0 bridgehead atoms. The largest absolute Gasteiger partial charge is 0.390 e. The minimum atomic E-state index is -0.580. The van der Waals surface area contributed by atoms with Gasteiger partial charge >= 0.3 is 17.6 Å². The molecule has 0 radical (unpaired) electrons. The highest BCUT2D eigenvalue weighted by atomic mass is 16.6. The molecular weight excluding hydrogens is 306 g/mol. The number of hydrogen-bond acceptors (Lipinski definition) is 8. The topological polar surface area (TPSA) is 132 Å². The minimum Gasteiger partial charge on any atom is -0.358 e. The summed E-state index contributed by atoms with van der Waals surface area (Å²) in [4.78, 5) is 27.8. The number of likely N-dealkylation sites (N-methyl/N-ethyl adjacent to an activating group) is 1. The van der Waals surface area contributed by atoms with Crippen LogP contribution in [0.4, 0.5) is 5.82 Å². The van der Waals surface area contributed by atoms with E-state index >= 15 is 0 Å². The lowest BCUT2D eigenvalue weighted by Gasteiger charge is -2.08. The van der Waals surface area contributed by atoms with Crippen molar-refractivity contribution in [3.05, 3.63) is 33.6 Å². The summed E-state index contributed by atoms with van der Waals surface area (Å²) in [6.07, 6.45) is 0. The van der Waals surface area contributed by atoms with Gasteiger partial charge in [0.2, 0.25) is 0 Å². The number of nitro groups is 1. The number of hydrogen-bond donors (Lipinski definition) is 1. The van der Waals surface area contributed by atoms with Gasteiger partial charge in [0.25, 0.3) is 0 Å². The molecule has 0 aromatic carbocycles. The van der Waals surface area contributed by atoms with Gasteiger partial charge in [0.1, 0.15) is 6.54 Å². The second-order valence-electron chi connectivity index (χ2n) is 5.13. The zero-order valence-electron chi connectivity index (χ0n) is 13.0. The number of amides is 1. The third-order valence-corrected chi connectivity index (χ3v) is 2.95. The molecule has 2 rings (SSSR count). The van der Waals surface area contributed by atoms with Crippen LogP contribution in [0.2, 0.25) is 0 Å². The first-order valence-electron chi connectivity index (χ1n) is 6.81. The van der Waals surface area contributed by atoms with Crippen molar-refractivity contribution >= 4 is 11.7 Å². The second kappa shape index (κ2) is 6.96. The SMILES string of the molecule is Cc1cc([N+](=O)[O-])nn1Cc1noc(C(=O)NCCN(C)C)n1. The first-order chi connectivity index (χ1) is 10.9. The minimum absolute atomic E-state index is 0.0775. The van der Waals surface area contributed by atoms with E-state index in [4.69, 9.17) is 4.52 Å². The van der Waals surface area contributed by atoms with Crippen molar-refractivity contribution in [2.75, 3.05) is 27.2 Å². The lowest BCUT2D eigenvalue weighted by molar-refractivity contribution is -0.389. The summed E-state index contributed by atoms with van der Waals surface area (Å²) in [6, 6.07) is 1.34. The fourth-order valence-electron chi connectivity index (χ4n) is 1.76. The van der Waals surface area contributed by atoms with E-state index in [1.807, 2.05) is 19.0 Å². The Balaban J connectivity index is 1.99. The van der Waals surface area contributed by atoms with Crippen LogP contribution < -0.4 is 5.32 Å². The zero-order chi connectivity index (χ0) is 17.0. The molecule has 1 N–H and O–H groups in total. The van der Waals surface area contributed by atoms with Gasteiger partial charge in [-0.25, -0.2) is 0 Å². The van der Waals surface area contributed by atoms with Gasteiger partial charge < -0.3 is 24.9 Å². The van der Waals surface area contributed by atoms with Crippen molar-refractivity contribution < 1.29 is 14.2 Å². The predicted molar refractivity (Wildman–Crippen MR) is 77.9 cm³/mol. The van der Waals surface area contributed by atoms with Gasteiger partial charge in [0.05, 0.1) is 16.9 Å². The highest BCUT2D eigenvalue weighted by molar-refractivity contribution is 5.89. The number of nitrogens with one attached hydrogen (secondary N) is 1. The molecule has 11 nitrogen and oxygen atoms in total. The number of aromatic nitrogens is 4. The van der Waals surface area contributed by atoms with Gasteiger partial charge in [-0.2, -0.15) is 9.67 Å². The molecule has 2 aromatic rings. The highest BCUT2D eigenvalue weighted by Crippen LogP contribution is 2.12. The first kappa shape index (κ1) is 16.5. The Morgan fingerprint density at radius 3 is 2.87 bits per heavy atom. The van der Waals surface area contributed by atoms with Gasteiger partial charge in [-0.1, -0.05) is 5.16 Å². The maximum Gasteiger partial charge on any atom is 0.390 e. The molecule has 0 aliphatic heterocycles. The number of aryl methyl sites for hydroxylation is 1. The van der Waals surface area contributed by atoms with Crippen molar-refractivity contribution in [1.29, 1.82) is 0 Å². The summed E-state index contributed by atoms with van der Waals surface area (Å²) < 4.78 is 6.26. The molecule has 11 heteroatoms. The molecule has 0 fully saturated rings. The number of carbonyl (C=O) groups is 1. The Morgan fingerprint density at radius 1 is 1.52 bits per heavy atom. The fourth-order valence-corrected chi connectivity index (χ4v) is 1.76.